The largest absolute Gasteiger partial charge is 0.475 e. The highest BCUT2D eigenvalue weighted by Crippen LogP contribution is 2.26. The Morgan fingerprint density at radius 3 is 2.47 bits per heavy atom. The molecule has 0 radical (unpaired) electrons. The van der Waals surface area contributed by atoms with Crippen LogP contribution < -0.4 is 25.6 Å². The minimum atomic E-state index is -0.277. The SMILES string of the molecule is CCN(C(=O)[C@@H]1CCN(CC(=O)N2CCN(c3ccc(C(=N)/N=C\NC)cc3)CC2C)C1)c1ccc(N)c(C(=N)c2ccc(OC(C)C)nc2)n1. The number of amides is 2. The van der Waals surface area contributed by atoms with Gasteiger partial charge in [0.15, 0.2) is 5.84 Å². The van der Waals surface area contributed by atoms with E-state index in [1.54, 1.807) is 42.4 Å². The lowest BCUT2D eigenvalue weighted by atomic mass is 10.1. The number of nitrogens with zero attached hydrogens (tertiary/aromatic N) is 7. The van der Waals surface area contributed by atoms with Crippen LogP contribution in [0.4, 0.5) is 17.2 Å². The summed E-state index contributed by atoms with van der Waals surface area (Å²) in [6, 6.07) is 14.6. The van der Waals surface area contributed by atoms with E-state index >= 15 is 0 Å². The molecule has 2 fully saturated rings. The molecular formula is C37H49N11O3. The van der Waals surface area contributed by atoms with E-state index in [2.05, 4.69) is 37.0 Å². The Kier molecular flexibility index (Phi) is 12.0. The highest BCUT2D eigenvalue weighted by molar-refractivity contribution is 6.12. The zero-order valence-corrected chi connectivity index (χ0v) is 30.1. The number of rotatable bonds is 12. The van der Waals surface area contributed by atoms with Crippen LogP contribution in [0.1, 0.15) is 50.9 Å². The molecule has 4 heterocycles. The lowest BCUT2D eigenvalue weighted by Crippen LogP contribution is -2.56. The number of amidine groups is 1. The van der Waals surface area contributed by atoms with Gasteiger partial charge in [-0.25, -0.2) is 15.0 Å². The molecule has 270 valence electrons. The summed E-state index contributed by atoms with van der Waals surface area (Å²) in [5.41, 5.74) is 9.29. The molecule has 2 aromatic heterocycles. The number of piperazine rings is 1. The third-order valence-electron chi connectivity index (χ3n) is 9.15. The van der Waals surface area contributed by atoms with E-state index in [0.717, 1.165) is 11.3 Å². The first-order chi connectivity index (χ1) is 24.5. The van der Waals surface area contributed by atoms with Crippen LogP contribution in [-0.4, -0.2) is 114 Å². The van der Waals surface area contributed by atoms with Crippen LogP contribution in [0.2, 0.25) is 0 Å². The Labute approximate surface area is 299 Å². The van der Waals surface area contributed by atoms with Gasteiger partial charge < -0.3 is 25.6 Å². The number of nitrogen functional groups attached to an aromatic ring is 1. The molecule has 0 spiro atoms. The van der Waals surface area contributed by atoms with Gasteiger partial charge in [0.1, 0.15) is 11.5 Å². The van der Waals surface area contributed by atoms with Crippen molar-refractivity contribution < 1.29 is 14.3 Å². The number of pyridine rings is 2. The van der Waals surface area contributed by atoms with Gasteiger partial charge in [-0.1, -0.05) is 0 Å². The number of likely N-dealkylation sites (tertiary alicyclic amines) is 1. The second-order valence-corrected chi connectivity index (χ2v) is 13.2. The van der Waals surface area contributed by atoms with Gasteiger partial charge in [-0.2, -0.15) is 0 Å². The van der Waals surface area contributed by atoms with Gasteiger partial charge in [0.25, 0.3) is 0 Å². The van der Waals surface area contributed by atoms with Gasteiger partial charge >= 0.3 is 0 Å². The number of hydrogen-bond acceptors (Lipinski definition) is 10. The number of carbonyl (C=O) groups excluding carboxylic acids is 2. The van der Waals surface area contributed by atoms with Gasteiger partial charge in [0.05, 0.1) is 36.3 Å². The van der Waals surface area contributed by atoms with Crippen molar-refractivity contribution in [3.8, 4) is 5.88 Å². The molecule has 0 aliphatic carbocycles. The number of nitrogens with two attached hydrogens (primary N) is 1. The minimum Gasteiger partial charge on any atom is -0.475 e. The van der Waals surface area contributed by atoms with E-state index in [-0.39, 0.29) is 53.7 Å². The molecule has 2 amide bonds. The van der Waals surface area contributed by atoms with Crippen molar-refractivity contribution in [1.29, 1.82) is 10.8 Å². The molecule has 1 unspecified atom stereocenters. The van der Waals surface area contributed by atoms with E-state index in [1.165, 1.54) is 6.34 Å². The zero-order valence-electron chi connectivity index (χ0n) is 30.1. The monoisotopic (exact) mass is 695 g/mol. The van der Waals surface area contributed by atoms with Crippen molar-refractivity contribution in [2.24, 2.45) is 10.9 Å². The maximum atomic E-state index is 13.8. The summed E-state index contributed by atoms with van der Waals surface area (Å²) < 4.78 is 5.62. The van der Waals surface area contributed by atoms with Crippen LogP contribution in [0.15, 0.2) is 59.7 Å². The lowest BCUT2D eigenvalue weighted by Gasteiger charge is -2.41. The first kappa shape index (κ1) is 36.9. The first-order valence-corrected chi connectivity index (χ1v) is 17.4. The Balaban J connectivity index is 1.16. The molecule has 5 N–H and O–H groups in total. The summed E-state index contributed by atoms with van der Waals surface area (Å²) in [7, 11) is 1.74. The average molecular weight is 696 g/mol. The summed E-state index contributed by atoms with van der Waals surface area (Å²) in [5.74, 6) is 0.818. The summed E-state index contributed by atoms with van der Waals surface area (Å²) >= 11 is 0. The second kappa shape index (κ2) is 16.6. The fraction of sp³-hybridized carbons (Fsp3) is 0.432. The van der Waals surface area contributed by atoms with E-state index < -0.39 is 0 Å². The van der Waals surface area contributed by atoms with Crippen LogP contribution in [0.3, 0.4) is 0 Å². The molecule has 2 atom stereocenters. The molecule has 3 aromatic rings. The van der Waals surface area contributed by atoms with Crippen LogP contribution in [0, 0.1) is 16.7 Å². The predicted octanol–water partition coefficient (Wildman–Crippen LogP) is 3.25. The molecule has 14 nitrogen and oxygen atoms in total. The van der Waals surface area contributed by atoms with Crippen molar-refractivity contribution >= 4 is 46.9 Å². The molecule has 0 bridgehead atoms. The number of hydrogen-bond donors (Lipinski definition) is 4. The normalized spacial score (nSPS) is 17.9. The molecule has 51 heavy (non-hydrogen) atoms. The number of aromatic nitrogens is 2. The Bertz CT molecular complexity index is 1740. The quantitative estimate of drug-likeness (QED) is 0.163. The number of carbonyl (C=O) groups is 2. The fourth-order valence-corrected chi connectivity index (χ4v) is 6.49. The van der Waals surface area contributed by atoms with Crippen molar-refractivity contribution in [2.75, 3.05) is 68.4 Å². The van der Waals surface area contributed by atoms with Gasteiger partial charge in [0.2, 0.25) is 17.7 Å². The highest BCUT2D eigenvalue weighted by atomic mass is 16.5. The molecule has 0 saturated carbocycles. The summed E-state index contributed by atoms with van der Waals surface area (Å²) in [4.78, 5) is 48.2. The predicted molar refractivity (Wildman–Crippen MR) is 201 cm³/mol. The maximum Gasteiger partial charge on any atom is 0.237 e. The maximum absolute atomic E-state index is 13.8. The smallest absolute Gasteiger partial charge is 0.237 e. The van der Waals surface area contributed by atoms with Crippen LogP contribution >= 0.6 is 0 Å². The number of ether oxygens (including phenoxy) is 1. The summed E-state index contributed by atoms with van der Waals surface area (Å²) in [6.07, 6.45) is 3.67. The van der Waals surface area contributed by atoms with Crippen LogP contribution in [0.25, 0.3) is 0 Å². The molecule has 5 rings (SSSR count). The fourth-order valence-electron chi connectivity index (χ4n) is 6.49. The van der Waals surface area contributed by atoms with E-state index in [4.69, 9.17) is 21.3 Å². The molecule has 2 aliphatic rings. The van der Waals surface area contributed by atoms with Crippen molar-refractivity contribution in [3.63, 3.8) is 0 Å². The van der Waals surface area contributed by atoms with Crippen LogP contribution in [-0.2, 0) is 9.59 Å². The van der Waals surface area contributed by atoms with Crippen LogP contribution in [0.5, 0.6) is 5.88 Å². The molecule has 2 saturated heterocycles. The van der Waals surface area contributed by atoms with Gasteiger partial charge in [-0.05, 0) is 83.1 Å². The number of anilines is 3. The molecule has 1 aromatic carbocycles. The molecule has 2 aliphatic heterocycles. The van der Waals surface area contributed by atoms with E-state index in [9.17, 15) is 9.59 Å². The standard InChI is InChI=1S/C37H49N11O3/c1-6-47(31-13-12-30(38)35(44-31)34(39)27-9-14-32(42-19-27)51-24(2)3)37(50)28-15-16-45(21-28)22-33(49)48-18-17-46(20-25(48)4)29-10-7-26(8-11-29)36(40)43-23-41-5/h7-14,19,23-25,28,39H,6,15-18,20-22,38H2,1-5H3,(H2,40,41,43)/t25?,28-/m1/s1. The molecular weight excluding hydrogens is 646 g/mol. The third kappa shape index (κ3) is 8.87. The zero-order chi connectivity index (χ0) is 36.7. The van der Waals surface area contributed by atoms with Crippen molar-refractivity contribution in [3.05, 3.63) is 71.5 Å². The Morgan fingerprint density at radius 2 is 1.82 bits per heavy atom. The van der Waals surface area contributed by atoms with Gasteiger partial charge in [-0.15, -0.1) is 0 Å². The topological polar surface area (TPSA) is 180 Å². The molecule has 14 heteroatoms. The summed E-state index contributed by atoms with van der Waals surface area (Å²) in [6.45, 7) is 11.6. The second-order valence-electron chi connectivity index (χ2n) is 13.2. The van der Waals surface area contributed by atoms with E-state index in [0.29, 0.717) is 68.6 Å². The van der Waals surface area contributed by atoms with E-state index in [1.807, 2.05) is 49.9 Å². The average Bonchev–Trinajstić information content (AvgIpc) is 3.59. The van der Waals surface area contributed by atoms with Gasteiger partial charge in [0, 0.05) is 74.9 Å². The summed E-state index contributed by atoms with van der Waals surface area (Å²) in [5, 5.41) is 19.7. The number of aliphatic imine (C=N–C) groups is 1. The Hall–Kier alpha value is -5.37. The first-order valence-electron chi connectivity index (χ1n) is 17.4. The van der Waals surface area contributed by atoms with Crippen molar-refractivity contribution in [1.82, 2.24) is 25.1 Å². The highest BCUT2D eigenvalue weighted by Gasteiger charge is 2.35. The Morgan fingerprint density at radius 1 is 1.08 bits per heavy atom. The third-order valence-corrected chi connectivity index (χ3v) is 9.15. The van der Waals surface area contributed by atoms with Crippen molar-refractivity contribution in [2.45, 2.75) is 46.3 Å². The minimum absolute atomic E-state index is 0.0178. The lowest BCUT2D eigenvalue weighted by molar-refractivity contribution is -0.134. The number of nitrogens with one attached hydrogen (secondary N) is 3. The van der Waals surface area contributed by atoms with Gasteiger partial charge in [-0.3, -0.25) is 30.2 Å². The number of benzene rings is 1.